The van der Waals surface area contributed by atoms with Crippen LogP contribution in [-0.4, -0.2) is 27.5 Å². The first-order valence-electron chi connectivity index (χ1n) is 15.2. The van der Waals surface area contributed by atoms with E-state index in [9.17, 15) is 9.59 Å². The molecule has 0 spiro atoms. The van der Waals surface area contributed by atoms with Gasteiger partial charge in [0.2, 0.25) is 5.91 Å². The number of aromatic nitrogens is 2. The van der Waals surface area contributed by atoms with Crippen molar-refractivity contribution < 1.29 is 14.3 Å². The molecule has 1 unspecified atom stereocenters. The molecule has 2 aromatic heterocycles. The molecule has 0 radical (unpaired) electrons. The number of fused-ring (bicyclic) bond motifs is 2. The van der Waals surface area contributed by atoms with Crippen LogP contribution in [0.5, 0.6) is 0 Å². The van der Waals surface area contributed by atoms with Crippen molar-refractivity contribution in [2.75, 3.05) is 0 Å². The molecule has 1 saturated carbocycles. The maximum atomic E-state index is 14.3. The van der Waals surface area contributed by atoms with E-state index in [1.165, 1.54) is 6.42 Å². The smallest absolute Gasteiger partial charge is 0.408 e. The number of H-pyrrole nitrogens is 1. The summed E-state index contributed by atoms with van der Waals surface area (Å²) in [6.45, 7) is 1.87. The molecule has 2 amide bonds. The van der Waals surface area contributed by atoms with Gasteiger partial charge in [0.25, 0.3) is 0 Å². The highest BCUT2D eigenvalue weighted by Crippen LogP contribution is 2.34. The fourth-order valence-electron chi connectivity index (χ4n) is 6.34. The Labute approximate surface area is 252 Å². The minimum atomic E-state index is -1.28. The van der Waals surface area contributed by atoms with Crippen molar-refractivity contribution >= 4 is 33.7 Å². The Balaban J connectivity index is 1.24. The summed E-state index contributed by atoms with van der Waals surface area (Å²) >= 11 is 0. The quantitative estimate of drug-likeness (QED) is 0.171. The van der Waals surface area contributed by atoms with Gasteiger partial charge in [0, 0.05) is 29.7 Å². The number of aromatic amines is 1. The van der Waals surface area contributed by atoms with E-state index in [0.717, 1.165) is 64.2 Å². The Morgan fingerprint density at radius 2 is 1.72 bits per heavy atom. The van der Waals surface area contributed by atoms with Crippen molar-refractivity contribution in [2.24, 2.45) is 5.92 Å². The van der Waals surface area contributed by atoms with E-state index in [1.807, 2.05) is 91.1 Å². The number of ether oxygens (including phenoxy) is 1. The van der Waals surface area contributed by atoms with Crippen molar-refractivity contribution in [3.05, 3.63) is 114 Å². The largest absolute Gasteiger partial charge is 0.445 e. The Morgan fingerprint density at radius 1 is 0.953 bits per heavy atom. The molecule has 1 fully saturated rings. The second kappa shape index (κ2) is 12.7. The van der Waals surface area contributed by atoms with E-state index in [1.54, 1.807) is 13.1 Å². The molecule has 1 aliphatic carbocycles. The minimum absolute atomic E-state index is 0.0973. The van der Waals surface area contributed by atoms with Crippen molar-refractivity contribution in [1.29, 1.82) is 0 Å². The zero-order valence-electron chi connectivity index (χ0n) is 24.5. The van der Waals surface area contributed by atoms with Crippen LogP contribution in [0.4, 0.5) is 4.79 Å². The molecule has 5 aromatic rings. The molecule has 3 N–H and O–H groups in total. The predicted octanol–water partition coefficient (Wildman–Crippen LogP) is 7.38. The van der Waals surface area contributed by atoms with Crippen LogP contribution < -0.4 is 10.6 Å². The molecule has 0 saturated heterocycles. The maximum Gasteiger partial charge on any atom is 0.408 e. The molecule has 1 aliphatic rings. The van der Waals surface area contributed by atoms with E-state index in [-0.39, 0.29) is 30.9 Å². The van der Waals surface area contributed by atoms with E-state index in [0.29, 0.717) is 0 Å². The first-order chi connectivity index (χ1) is 21.0. The molecule has 220 valence electrons. The molecular weight excluding hydrogens is 536 g/mol. The summed E-state index contributed by atoms with van der Waals surface area (Å²) in [6, 6.07) is 27.6. The molecule has 2 atom stereocenters. The fraction of sp³-hybridized carbons (Fsp3) is 0.306. The fourth-order valence-corrected chi connectivity index (χ4v) is 6.34. The zero-order chi connectivity index (χ0) is 29.6. The van der Waals surface area contributed by atoms with Crippen LogP contribution in [0.2, 0.25) is 0 Å². The second-order valence-corrected chi connectivity index (χ2v) is 11.9. The van der Waals surface area contributed by atoms with Crippen LogP contribution in [0.1, 0.15) is 61.9 Å². The number of pyridine rings is 1. The van der Waals surface area contributed by atoms with Gasteiger partial charge in [-0.2, -0.15) is 0 Å². The number of carbonyl (C=O) groups is 2. The van der Waals surface area contributed by atoms with Gasteiger partial charge in [-0.3, -0.25) is 9.78 Å². The number of rotatable bonds is 9. The van der Waals surface area contributed by atoms with Crippen LogP contribution >= 0.6 is 0 Å². The standard InChI is InChI=1S/C36H38N4O3/c1-36(22-29-23-38-31-16-8-7-15-30(29)31,40-35(42)43-24-25-18-19-26-11-5-6-14-28(26)21-25)34(41)39-33(27-12-3-2-4-13-27)32-17-9-10-20-37-32/h5-11,14-21,23,27,33,38H,2-4,12-13,22,24H2,1H3,(H,39,41)(H,40,42)/t33?,36-/m0/s1. The van der Waals surface area contributed by atoms with E-state index < -0.39 is 11.6 Å². The van der Waals surface area contributed by atoms with E-state index in [2.05, 4.69) is 20.6 Å². The zero-order valence-corrected chi connectivity index (χ0v) is 24.5. The third-order valence-electron chi connectivity index (χ3n) is 8.70. The molecule has 6 rings (SSSR count). The summed E-state index contributed by atoms with van der Waals surface area (Å²) in [5.74, 6) is 0.0199. The monoisotopic (exact) mass is 574 g/mol. The first kappa shape index (κ1) is 28.5. The van der Waals surface area contributed by atoms with Gasteiger partial charge in [0.1, 0.15) is 12.1 Å². The maximum absolute atomic E-state index is 14.3. The van der Waals surface area contributed by atoms with E-state index in [4.69, 9.17) is 4.74 Å². The lowest BCUT2D eigenvalue weighted by atomic mass is 9.81. The summed E-state index contributed by atoms with van der Waals surface area (Å²) < 4.78 is 5.69. The highest BCUT2D eigenvalue weighted by atomic mass is 16.5. The molecule has 2 heterocycles. The Kier molecular flexibility index (Phi) is 8.40. The first-order valence-corrected chi connectivity index (χ1v) is 15.2. The third kappa shape index (κ3) is 6.56. The van der Waals surface area contributed by atoms with Gasteiger partial charge in [0.05, 0.1) is 11.7 Å². The average Bonchev–Trinajstić information content (AvgIpc) is 3.45. The molecule has 43 heavy (non-hydrogen) atoms. The normalized spacial score (nSPS) is 15.9. The van der Waals surface area contributed by atoms with Gasteiger partial charge in [0.15, 0.2) is 0 Å². The third-order valence-corrected chi connectivity index (χ3v) is 8.70. The van der Waals surface area contributed by atoms with Crippen LogP contribution in [0.25, 0.3) is 21.7 Å². The van der Waals surface area contributed by atoms with Crippen molar-refractivity contribution in [1.82, 2.24) is 20.6 Å². The molecule has 7 heteroatoms. The predicted molar refractivity (Wildman–Crippen MR) is 169 cm³/mol. The number of amides is 2. The number of hydrogen-bond donors (Lipinski definition) is 3. The molecule has 3 aromatic carbocycles. The number of para-hydroxylation sites is 1. The molecule has 7 nitrogen and oxygen atoms in total. The van der Waals surface area contributed by atoms with Crippen LogP contribution in [0, 0.1) is 5.92 Å². The number of nitrogens with zero attached hydrogens (tertiary/aromatic N) is 1. The summed E-state index contributed by atoms with van der Waals surface area (Å²) in [4.78, 5) is 35.5. The Hall–Kier alpha value is -4.65. The SMILES string of the molecule is C[C@@](Cc1c[nH]c2ccccc12)(NC(=O)OCc1ccc2ccccc2c1)C(=O)NC(c1ccccn1)C1CCCCC1. The van der Waals surface area contributed by atoms with Crippen LogP contribution in [-0.2, 0) is 22.6 Å². The lowest BCUT2D eigenvalue weighted by Gasteiger charge is -2.35. The second-order valence-electron chi connectivity index (χ2n) is 11.9. The van der Waals surface area contributed by atoms with Gasteiger partial charge in [-0.05, 0) is 71.8 Å². The van der Waals surface area contributed by atoms with Gasteiger partial charge < -0.3 is 20.4 Å². The Bertz CT molecular complexity index is 1710. The molecular formula is C36H38N4O3. The summed E-state index contributed by atoms with van der Waals surface area (Å²) in [6.07, 6.45) is 8.86. The lowest BCUT2D eigenvalue weighted by molar-refractivity contribution is -0.128. The topological polar surface area (TPSA) is 96.1 Å². The number of alkyl carbamates (subject to hydrolysis) is 1. The number of carbonyl (C=O) groups excluding carboxylic acids is 2. The van der Waals surface area contributed by atoms with Crippen molar-refractivity contribution in [3.8, 4) is 0 Å². The highest BCUT2D eigenvalue weighted by molar-refractivity contribution is 5.92. The minimum Gasteiger partial charge on any atom is -0.445 e. The molecule has 0 bridgehead atoms. The highest BCUT2D eigenvalue weighted by Gasteiger charge is 2.39. The Morgan fingerprint density at radius 3 is 2.53 bits per heavy atom. The number of hydrogen-bond acceptors (Lipinski definition) is 4. The van der Waals surface area contributed by atoms with Crippen molar-refractivity contribution in [3.63, 3.8) is 0 Å². The number of nitrogens with one attached hydrogen (secondary N) is 3. The summed E-state index contributed by atoms with van der Waals surface area (Å²) in [5.41, 5.74) is 2.36. The van der Waals surface area contributed by atoms with Gasteiger partial charge in [-0.25, -0.2) is 4.79 Å². The van der Waals surface area contributed by atoms with E-state index >= 15 is 0 Å². The van der Waals surface area contributed by atoms with Crippen LogP contribution in [0.15, 0.2) is 97.3 Å². The number of benzene rings is 3. The van der Waals surface area contributed by atoms with Crippen LogP contribution in [0.3, 0.4) is 0 Å². The lowest BCUT2D eigenvalue weighted by Crippen LogP contribution is -2.59. The average molecular weight is 575 g/mol. The molecule has 0 aliphatic heterocycles. The van der Waals surface area contributed by atoms with Gasteiger partial charge >= 0.3 is 6.09 Å². The summed E-state index contributed by atoms with van der Waals surface area (Å²) in [5, 5.41) is 9.50. The van der Waals surface area contributed by atoms with Gasteiger partial charge in [-0.15, -0.1) is 0 Å². The van der Waals surface area contributed by atoms with Gasteiger partial charge in [-0.1, -0.05) is 79.9 Å². The van der Waals surface area contributed by atoms with Crippen molar-refractivity contribution in [2.45, 2.75) is 63.6 Å². The summed E-state index contributed by atoms with van der Waals surface area (Å²) in [7, 11) is 0.